The van der Waals surface area contributed by atoms with Gasteiger partial charge >= 0.3 is 0 Å². The van der Waals surface area contributed by atoms with Crippen molar-refractivity contribution in [3.63, 3.8) is 0 Å². The Morgan fingerprint density at radius 2 is 1.87 bits per heavy atom. The second-order valence-electron chi connectivity index (χ2n) is 6.85. The van der Waals surface area contributed by atoms with Crippen LogP contribution < -0.4 is 5.32 Å². The van der Waals surface area contributed by atoms with Crippen molar-refractivity contribution >= 4 is 17.6 Å². The number of aromatic hydroxyl groups is 1. The molecule has 152 valence electrons. The third kappa shape index (κ3) is 4.83. The fourth-order valence-corrected chi connectivity index (χ4v) is 3.93. The van der Waals surface area contributed by atoms with Gasteiger partial charge in [-0.25, -0.2) is 9.97 Å². The molecule has 0 spiro atoms. The average Bonchev–Trinajstić information content (AvgIpc) is 3.28. The Balaban J connectivity index is 1.65. The number of phenolic OH excluding ortho intramolecular Hbond substituents is 1. The van der Waals surface area contributed by atoms with Crippen molar-refractivity contribution in [2.24, 2.45) is 0 Å². The van der Waals surface area contributed by atoms with E-state index in [0.717, 1.165) is 47.1 Å². The molecule has 0 fully saturated rings. The average molecular weight is 417 g/mol. The van der Waals surface area contributed by atoms with Crippen molar-refractivity contribution < 1.29 is 5.11 Å². The van der Waals surface area contributed by atoms with Gasteiger partial charge in [0.25, 0.3) is 0 Å². The van der Waals surface area contributed by atoms with Gasteiger partial charge in [0.2, 0.25) is 0 Å². The topological polar surface area (TPSA) is 73.8 Å². The van der Waals surface area contributed by atoms with Gasteiger partial charge in [-0.05, 0) is 53.3 Å². The standard InChI is InChI=1S/C24H24N4OS/c1-2-30-20-9-7-17(8-10-20)18-13-22(21-5-3-4-6-23(21)29)28-24(14-18)26-12-11-19-15-25-16-27-19/h3-10,13-16,29H,2,11-12H2,1H3,(H,25,27)(H,26,28). The monoisotopic (exact) mass is 416 g/mol. The highest BCUT2D eigenvalue weighted by atomic mass is 32.2. The van der Waals surface area contributed by atoms with Gasteiger partial charge in [0.05, 0.1) is 12.0 Å². The van der Waals surface area contributed by atoms with Crippen LogP contribution in [0.4, 0.5) is 5.82 Å². The van der Waals surface area contributed by atoms with Crippen molar-refractivity contribution in [2.75, 3.05) is 17.6 Å². The maximum atomic E-state index is 10.3. The molecular formula is C24H24N4OS. The zero-order valence-electron chi connectivity index (χ0n) is 16.8. The molecule has 0 saturated carbocycles. The molecule has 0 aliphatic carbocycles. The molecular weight excluding hydrogens is 392 g/mol. The van der Waals surface area contributed by atoms with Gasteiger partial charge in [0.15, 0.2) is 0 Å². The predicted octanol–water partition coefficient (Wildman–Crippen LogP) is 5.61. The predicted molar refractivity (Wildman–Crippen MR) is 124 cm³/mol. The Morgan fingerprint density at radius 3 is 2.60 bits per heavy atom. The second-order valence-corrected chi connectivity index (χ2v) is 8.19. The van der Waals surface area contributed by atoms with Crippen molar-refractivity contribution in [2.45, 2.75) is 18.2 Å². The molecule has 0 unspecified atom stereocenters. The SMILES string of the molecule is CCSc1ccc(-c2cc(NCCc3cnc[nH]3)nc(-c3ccccc3O)c2)cc1. The number of benzene rings is 2. The van der Waals surface area contributed by atoms with E-state index in [9.17, 15) is 5.11 Å². The summed E-state index contributed by atoms with van der Waals surface area (Å²) in [5.74, 6) is 2.05. The smallest absolute Gasteiger partial charge is 0.127 e. The van der Waals surface area contributed by atoms with Gasteiger partial charge in [-0.1, -0.05) is 31.2 Å². The van der Waals surface area contributed by atoms with Crippen molar-refractivity contribution in [1.29, 1.82) is 0 Å². The highest BCUT2D eigenvalue weighted by Gasteiger charge is 2.10. The zero-order valence-corrected chi connectivity index (χ0v) is 17.6. The van der Waals surface area contributed by atoms with E-state index < -0.39 is 0 Å². The van der Waals surface area contributed by atoms with E-state index in [-0.39, 0.29) is 5.75 Å². The molecule has 30 heavy (non-hydrogen) atoms. The van der Waals surface area contributed by atoms with Gasteiger partial charge < -0.3 is 15.4 Å². The first-order chi connectivity index (χ1) is 14.7. The van der Waals surface area contributed by atoms with E-state index >= 15 is 0 Å². The minimum Gasteiger partial charge on any atom is -0.507 e. The third-order valence-electron chi connectivity index (χ3n) is 4.76. The molecule has 0 atom stereocenters. The van der Waals surface area contributed by atoms with Gasteiger partial charge in [-0.2, -0.15) is 0 Å². The number of pyridine rings is 1. The number of nitrogens with zero attached hydrogens (tertiary/aromatic N) is 2. The second kappa shape index (κ2) is 9.50. The quantitative estimate of drug-likeness (QED) is 0.326. The molecule has 2 aromatic heterocycles. The molecule has 0 amide bonds. The van der Waals surface area contributed by atoms with Crippen LogP contribution in [0.2, 0.25) is 0 Å². The fourth-order valence-electron chi connectivity index (χ4n) is 3.27. The minimum atomic E-state index is 0.222. The molecule has 5 nitrogen and oxygen atoms in total. The number of H-pyrrole nitrogens is 1. The van der Waals surface area contributed by atoms with Crippen LogP contribution in [0.5, 0.6) is 5.75 Å². The lowest BCUT2D eigenvalue weighted by Crippen LogP contribution is -2.07. The molecule has 0 radical (unpaired) electrons. The molecule has 0 aliphatic heterocycles. The van der Waals surface area contributed by atoms with Crippen molar-refractivity contribution in [3.05, 3.63) is 78.9 Å². The summed E-state index contributed by atoms with van der Waals surface area (Å²) in [6.07, 6.45) is 4.33. The molecule has 2 heterocycles. The normalized spacial score (nSPS) is 10.8. The van der Waals surface area contributed by atoms with E-state index in [0.29, 0.717) is 5.56 Å². The number of rotatable bonds is 8. The number of aromatic amines is 1. The molecule has 0 saturated heterocycles. The lowest BCUT2D eigenvalue weighted by atomic mass is 10.0. The summed E-state index contributed by atoms with van der Waals surface area (Å²) in [7, 11) is 0. The minimum absolute atomic E-state index is 0.222. The van der Waals surface area contributed by atoms with Crippen LogP contribution in [0.3, 0.4) is 0 Å². The molecule has 2 aromatic carbocycles. The number of imidazole rings is 1. The van der Waals surface area contributed by atoms with Crippen LogP contribution in [0, 0.1) is 0 Å². The lowest BCUT2D eigenvalue weighted by molar-refractivity contribution is 0.477. The van der Waals surface area contributed by atoms with Gasteiger partial charge in [-0.15, -0.1) is 11.8 Å². The number of aromatic nitrogens is 3. The first-order valence-electron chi connectivity index (χ1n) is 9.97. The Morgan fingerprint density at radius 1 is 1.03 bits per heavy atom. The van der Waals surface area contributed by atoms with E-state index in [2.05, 4.69) is 52.5 Å². The van der Waals surface area contributed by atoms with Gasteiger partial charge in [0.1, 0.15) is 11.6 Å². The number of nitrogens with one attached hydrogen (secondary N) is 2. The maximum absolute atomic E-state index is 10.3. The Hall–Kier alpha value is -3.25. The first-order valence-corrected chi connectivity index (χ1v) is 11.0. The summed E-state index contributed by atoms with van der Waals surface area (Å²) in [6.45, 7) is 2.88. The summed E-state index contributed by atoms with van der Waals surface area (Å²) in [5.41, 5.74) is 4.70. The molecule has 0 aliphatic rings. The highest BCUT2D eigenvalue weighted by molar-refractivity contribution is 7.99. The molecule has 6 heteroatoms. The molecule has 4 aromatic rings. The molecule has 3 N–H and O–H groups in total. The zero-order chi connectivity index (χ0) is 20.8. The van der Waals surface area contributed by atoms with Crippen molar-refractivity contribution in [1.82, 2.24) is 15.0 Å². The largest absolute Gasteiger partial charge is 0.507 e. The number of hydrogen-bond acceptors (Lipinski definition) is 5. The first kappa shape index (κ1) is 20.0. The highest BCUT2D eigenvalue weighted by Crippen LogP contribution is 2.33. The number of para-hydroxylation sites is 1. The van der Waals surface area contributed by atoms with E-state index in [1.54, 1.807) is 12.4 Å². The summed E-state index contributed by atoms with van der Waals surface area (Å²) in [5, 5.41) is 13.7. The Labute approximate surface area is 180 Å². The lowest BCUT2D eigenvalue weighted by Gasteiger charge is -2.12. The van der Waals surface area contributed by atoms with E-state index in [1.807, 2.05) is 42.2 Å². The fraction of sp³-hybridized carbons (Fsp3) is 0.167. The van der Waals surface area contributed by atoms with E-state index in [1.165, 1.54) is 4.90 Å². The van der Waals surface area contributed by atoms with Crippen LogP contribution >= 0.6 is 11.8 Å². The summed E-state index contributed by atoms with van der Waals surface area (Å²) in [4.78, 5) is 13.2. The Kier molecular flexibility index (Phi) is 6.35. The summed E-state index contributed by atoms with van der Waals surface area (Å²) < 4.78 is 0. The molecule has 0 bridgehead atoms. The number of thioether (sulfide) groups is 1. The molecule has 4 rings (SSSR count). The number of anilines is 1. The third-order valence-corrected chi connectivity index (χ3v) is 5.65. The number of hydrogen-bond donors (Lipinski definition) is 3. The number of phenols is 1. The van der Waals surface area contributed by atoms with Crippen LogP contribution in [-0.2, 0) is 6.42 Å². The summed E-state index contributed by atoms with van der Waals surface area (Å²) in [6, 6.07) is 19.9. The van der Waals surface area contributed by atoms with E-state index in [4.69, 9.17) is 4.98 Å². The van der Waals surface area contributed by atoms with Crippen LogP contribution in [0.25, 0.3) is 22.4 Å². The van der Waals surface area contributed by atoms with Gasteiger partial charge in [-0.3, -0.25) is 0 Å². The van der Waals surface area contributed by atoms with Crippen molar-refractivity contribution in [3.8, 4) is 28.1 Å². The van der Waals surface area contributed by atoms with Crippen LogP contribution in [0.15, 0.2) is 78.1 Å². The Bertz CT molecular complexity index is 1090. The van der Waals surface area contributed by atoms with Crippen LogP contribution in [-0.4, -0.2) is 32.4 Å². The maximum Gasteiger partial charge on any atom is 0.127 e. The van der Waals surface area contributed by atoms with Crippen LogP contribution in [0.1, 0.15) is 12.6 Å². The van der Waals surface area contributed by atoms with Gasteiger partial charge in [0, 0.05) is 35.3 Å². The summed E-state index contributed by atoms with van der Waals surface area (Å²) >= 11 is 1.83.